The number of aromatic nitrogens is 1. The van der Waals surface area contributed by atoms with Gasteiger partial charge in [-0.05, 0) is 69.0 Å². The molecule has 0 bridgehead atoms. The average Bonchev–Trinajstić information content (AvgIpc) is 3.28. The van der Waals surface area contributed by atoms with Gasteiger partial charge >= 0.3 is 0 Å². The van der Waals surface area contributed by atoms with Crippen LogP contribution in [0.25, 0.3) is 65.5 Å². The molecule has 0 saturated carbocycles. The topological polar surface area (TPSA) is 17.0 Å². The molecule has 7 aromatic rings. The number of benzene rings is 5. The molecule has 0 saturated heterocycles. The molecule has 0 N–H and O–H groups in total. The van der Waals surface area contributed by atoms with E-state index in [9.17, 15) is 0 Å². The van der Waals surface area contributed by atoms with Gasteiger partial charge in [0.05, 0.1) is 5.56 Å². The lowest BCUT2D eigenvalue weighted by atomic mass is 9.87. The summed E-state index contributed by atoms with van der Waals surface area (Å²) in [5, 5.41) is 10.1. The zero-order valence-electron chi connectivity index (χ0n) is 22.7. The summed E-state index contributed by atoms with van der Waals surface area (Å²) in [5.74, 6) is 0. The van der Waals surface area contributed by atoms with Crippen molar-refractivity contribution < 1.29 is 8.98 Å². The van der Waals surface area contributed by atoms with Crippen molar-refractivity contribution >= 4 is 54.3 Å². The molecule has 186 valence electrons. The van der Waals surface area contributed by atoms with Crippen LogP contribution in [0, 0.1) is 12.3 Å². The SMILES string of the molecule is Cc1ccc2c(oc3ccc4c5ccccc5c5ccccc5c4c32)c1-c1cc(CC(C)(C)C)cc[n+]1C. The Hall–Kier alpha value is -4.17. The summed E-state index contributed by atoms with van der Waals surface area (Å²) < 4.78 is 8.99. The Labute approximate surface area is 223 Å². The molecule has 0 unspecified atom stereocenters. The highest BCUT2D eigenvalue weighted by Gasteiger charge is 2.24. The third-order valence-electron chi connectivity index (χ3n) is 7.92. The maximum atomic E-state index is 6.77. The lowest BCUT2D eigenvalue weighted by Gasteiger charge is -2.18. The fourth-order valence-corrected chi connectivity index (χ4v) is 6.33. The van der Waals surface area contributed by atoms with Crippen LogP contribution >= 0.6 is 0 Å². The molecule has 7 rings (SSSR count). The van der Waals surface area contributed by atoms with Gasteiger partial charge in [0.1, 0.15) is 18.2 Å². The van der Waals surface area contributed by atoms with E-state index in [2.05, 4.69) is 130 Å². The smallest absolute Gasteiger partial charge is 0.216 e. The van der Waals surface area contributed by atoms with E-state index in [1.54, 1.807) is 0 Å². The van der Waals surface area contributed by atoms with Gasteiger partial charge in [-0.1, -0.05) is 81.4 Å². The second-order valence-corrected chi connectivity index (χ2v) is 12.0. The Kier molecular flexibility index (Phi) is 4.94. The molecule has 0 amide bonds. The van der Waals surface area contributed by atoms with E-state index < -0.39 is 0 Å². The van der Waals surface area contributed by atoms with Crippen molar-refractivity contribution in [2.75, 3.05) is 0 Å². The molecular formula is C36H32NO+. The molecule has 2 aromatic heterocycles. The monoisotopic (exact) mass is 494 g/mol. The molecule has 2 heterocycles. The first-order valence-electron chi connectivity index (χ1n) is 13.5. The number of pyridine rings is 1. The Balaban J connectivity index is 1.62. The summed E-state index contributed by atoms with van der Waals surface area (Å²) in [6.45, 7) is 9.08. The van der Waals surface area contributed by atoms with Gasteiger partial charge in [0.15, 0.2) is 6.20 Å². The van der Waals surface area contributed by atoms with Crippen LogP contribution in [-0.4, -0.2) is 0 Å². The van der Waals surface area contributed by atoms with Crippen LogP contribution in [0.5, 0.6) is 0 Å². The largest absolute Gasteiger partial charge is 0.455 e. The number of fused-ring (bicyclic) bond motifs is 10. The molecule has 0 aliphatic heterocycles. The van der Waals surface area contributed by atoms with Crippen LogP contribution < -0.4 is 4.57 Å². The highest BCUT2D eigenvalue weighted by Crippen LogP contribution is 2.44. The second kappa shape index (κ2) is 8.16. The van der Waals surface area contributed by atoms with Crippen molar-refractivity contribution in [2.24, 2.45) is 12.5 Å². The van der Waals surface area contributed by atoms with Gasteiger partial charge in [0.2, 0.25) is 5.69 Å². The van der Waals surface area contributed by atoms with Gasteiger partial charge in [0.25, 0.3) is 0 Å². The first-order chi connectivity index (χ1) is 18.3. The lowest BCUT2D eigenvalue weighted by molar-refractivity contribution is -0.660. The number of nitrogens with zero attached hydrogens (tertiary/aromatic N) is 1. The molecule has 0 aliphatic rings. The predicted molar refractivity (Wildman–Crippen MR) is 161 cm³/mol. The van der Waals surface area contributed by atoms with Crippen molar-refractivity contribution in [3.05, 3.63) is 102 Å². The highest BCUT2D eigenvalue weighted by molar-refractivity contribution is 6.34. The van der Waals surface area contributed by atoms with Crippen LogP contribution in [-0.2, 0) is 13.5 Å². The van der Waals surface area contributed by atoms with Gasteiger partial charge < -0.3 is 4.42 Å². The summed E-state index contributed by atoms with van der Waals surface area (Å²) in [4.78, 5) is 0. The van der Waals surface area contributed by atoms with E-state index in [-0.39, 0.29) is 5.41 Å². The van der Waals surface area contributed by atoms with Gasteiger partial charge in [0, 0.05) is 28.3 Å². The summed E-state index contributed by atoms with van der Waals surface area (Å²) >= 11 is 0. The Morgan fingerprint density at radius 1 is 0.684 bits per heavy atom. The molecule has 5 aromatic carbocycles. The first-order valence-corrected chi connectivity index (χ1v) is 13.5. The van der Waals surface area contributed by atoms with Crippen molar-refractivity contribution in [1.82, 2.24) is 0 Å². The fraction of sp³-hybridized carbons (Fsp3) is 0.194. The number of rotatable bonds is 2. The van der Waals surface area contributed by atoms with Crippen molar-refractivity contribution in [3.63, 3.8) is 0 Å². The molecule has 2 heteroatoms. The van der Waals surface area contributed by atoms with E-state index in [1.807, 2.05) is 0 Å². The number of hydrogen-bond donors (Lipinski definition) is 0. The minimum atomic E-state index is 0.223. The van der Waals surface area contributed by atoms with E-state index in [0.29, 0.717) is 0 Å². The van der Waals surface area contributed by atoms with Crippen LogP contribution in [0.15, 0.2) is 95.5 Å². The van der Waals surface area contributed by atoms with Crippen LogP contribution in [0.1, 0.15) is 31.9 Å². The number of aryl methyl sites for hydroxylation is 2. The van der Waals surface area contributed by atoms with Crippen LogP contribution in [0.4, 0.5) is 0 Å². The summed E-state index contributed by atoms with van der Waals surface area (Å²) in [6.07, 6.45) is 3.21. The van der Waals surface area contributed by atoms with E-state index in [0.717, 1.165) is 17.6 Å². The third kappa shape index (κ3) is 3.44. The molecule has 0 fully saturated rings. The standard InChI is InChI=1S/C36H32NO/c1-22-14-15-29-34-31(38-35(29)32(22)30-20-23(18-19-37(30)5)21-36(2,3)4)17-16-28-26-12-7-6-10-24(26)25-11-8-9-13-27(25)33(28)34/h6-20H,21H2,1-5H3/q+1. The molecule has 0 radical (unpaired) electrons. The predicted octanol–water partition coefficient (Wildman–Crippen LogP) is 9.43. The average molecular weight is 495 g/mol. The molecular weight excluding hydrogens is 462 g/mol. The molecule has 38 heavy (non-hydrogen) atoms. The van der Waals surface area contributed by atoms with Crippen molar-refractivity contribution in [3.8, 4) is 11.3 Å². The van der Waals surface area contributed by atoms with Gasteiger partial charge in [-0.3, -0.25) is 0 Å². The van der Waals surface area contributed by atoms with Crippen molar-refractivity contribution in [2.45, 2.75) is 34.1 Å². The molecule has 0 atom stereocenters. The normalized spacial score (nSPS) is 12.4. The maximum Gasteiger partial charge on any atom is 0.216 e. The number of hydrogen-bond acceptors (Lipinski definition) is 1. The first kappa shape index (κ1) is 23.0. The second-order valence-electron chi connectivity index (χ2n) is 12.0. The van der Waals surface area contributed by atoms with Crippen LogP contribution in [0.2, 0.25) is 0 Å². The zero-order valence-corrected chi connectivity index (χ0v) is 22.7. The van der Waals surface area contributed by atoms with Gasteiger partial charge in [-0.15, -0.1) is 0 Å². The molecule has 2 nitrogen and oxygen atoms in total. The van der Waals surface area contributed by atoms with E-state index in [4.69, 9.17) is 4.42 Å². The summed E-state index contributed by atoms with van der Waals surface area (Å²) in [5.41, 5.74) is 7.06. The zero-order chi connectivity index (χ0) is 26.2. The molecule has 0 aliphatic carbocycles. The quantitative estimate of drug-likeness (QED) is 0.173. The van der Waals surface area contributed by atoms with Crippen LogP contribution in [0.3, 0.4) is 0 Å². The molecule has 0 spiro atoms. The lowest BCUT2D eigenvalue weighted by Crippen LogP contribution is -2.31. The Morgan fingerprint density at radius 2 is 1.29 bits per heavy atom. The van der Waals surface area contributed by atoms with Crippen molar-refractivity contribution in [1.29, 1.82) is 0 Å². The highest BCUT2D eigenvalue weighted by atomic mass is 16.3. The van der Waals surface area contributed by atoms with Gasteiger partial charge in [-0.2, -0.15) is 0 Å². The fourth-order valence-electron chi connectivity index (χ4n) is 6.33. The van der Waals surface area contributed by atoms with E-state index >= 15 is 0 Å². The van der Waals surface area contributed by atoms with E-state index in [1.165, 1.54) is 65.5 Å². The summed E-state index contributed by atoms with van der Waals surface area (Å²) in [6, 6.07) is 31.0. The maximum absolute atomic E-state index is 6.77. The Bertz CT molecular complexity index is 2020. The minimum absolute atomic E-state index is 0.223. The summed E-state index contributed by atoms with van der Waals surface area (Å²) in [7, 11) is 2.13. The third-order valence-corrected chi connectivity index (χ3v) is 7.92. The Morgan fingerprint density at radius 3 is 1.97 bits per heavy atom. The minimum Gasteiger partial charge on any atom is -0.455 e. The number of furan rings is 1. The van der Waals surface area contributed by atoms with Gasteiger partial charge in [-0.25, -0.2) is 4.57 Å².